The third kappa shape index (κ3) is 2.64. The molecule has 19 heavy (non-hydrogen) atoms. The number of carbonyl (C=O) groups excluding carboxylic acids is 1. The number of rotatable bonds is 2. The second-order valence-corrected chi connectivity index (χ2v) is 5.43. The van der Waals surface area contributed by atoms with Gasteiger partial charge in [0.25, 0.3) is 0 Å². The zero-order valence-corrected chi connectivity index (χ0v) is 13.3. The molecule has 0 fully saturated rings. The average molecular weight is 441 g/mol. The van der Waals surface area contributed by atoms with Crippen molar-refractivity contribution in [3.8, 4) is 5.88 Å². The molecule has 2 rings (SSSR count). The van der Waals surface area contributed by atoms with Crippen LogP contribution in [0.5, 0.6) is 5.88 Å². The first-order valence-corrected chi connectivity index (χ1v) is 7.04. The van der Waals surface area contributed by atoms with E-state index in [1.54, 1.807) is 6.92 Å². The van der Waals surface area contributed by atoms with E-state index < -0.39 is 17.7 Å². The predicted molar refractivity (Wildman–Crippen MR) is 77.5 cm³/mol. The Morgan fingerprint density at radius 2 is 2.26 bits per heavy atom. The van der Waals surface area contributed by atoms with Crippen LogP contribution in [0.4, 0.5) is 4.39 Å². The molecule has 0 unspecified atom stereocenters. The summed E-state index contributed by atoms with van der Waals surface area (Å²) < 4.78 is 19.6. The second kappa shape index (κ2) is 5.53. The lowest BCUT2D eigenvalue weighted by Crippen LogP contribution is -2.10. The van der Waals surface area contributed by atoms with Crippen molar-refractivity contribution in [1.82, 2.24) is 9.97 Å². The summed E-state index contributed by atoms with van der Waals surface area (Å²) in [7, 11) is 0. The number of aromatic hydroxyl groups is 1. The Morgan fingerprint density at radius 1 is 1.58 bits per heavy atom. The van der Waals surface area contributed by atoms with E-state index in [2.05, 4.69) is 25.9 Å². The van der Waals surface area contributed by atoms with Crippen LogP contribution in [-0.2, 0) is 4.74 Å². The maximum atomic E-state index is 14.1. The number of nitrogens with zero attached hydrogens (tertiary/aromatic N) is 2. The van der Waals surface area contributed by atoms with Crippen LogP contribution in [0.25, 0.3) is 10.9 Å². The van der Waals surface area contributed by atoms with Gasteiger partial charge >= 0.3 is 5.97 Å². The Bertz CT molecular complexity index is 681. The molecule has 0 spiro atoms. The fourth-order valence-corrected chi connectivity index (χ4v) is 2.29. The van der Waals surface area contributed by atoms with E-state index in [0.29, 0.717) is 3.57 Å². The van der Waals surface area contributed by atoms with E-state index in [1.807, 2.05) is 22.6 Å². The molecular weight excluding hydrogens is 434 g/mol. The number of hydrogen-bond acceptors (Lipinski definition) is 5. The SMILES string of the molecule is CCOC(=O)c1nc(O)c2cc(I)c(Br)c(F)c2n1. The molecule has 0 saturated carbocycles. The van der Waals surface area contributed by atoms with E-state index in [1.165, 1.54) is 6.07 Å². The molecule has 8 heteroatoms. The minimum Gasteiger partial charge on any atom is -0.493 e. The van der Waals surface area contributed by atoms with Gasteiger partial charge in [-0.15, -0.1) is 0 Å². The van der Waals surface area contributed by atoms with E-state index in [4.69, 9.17) is 4.74 Å². The lowest BCUT2D eigenvalue weighted by molar-refractivity contribution is 0.0511. The number of fused-ring (bicyclic) bond motifs is 1. The molecule has 1 aromatic heterocycles. The molecule has 0 aliphatic rings. The highest BCUT2D eigenvalue weighted by molar-refractivity contribution is 14.1. The van der Waals surface area contributed by atoms with Gasteiger partial charge < -0.3 is 9.84 Å². The van der Waals surface area contributed by atoms with Gasteiger partial charge in [0.2, 0.25) is 11.7 Å². The molecule has 0 saturated heterocycles. The van der Waals surface area contributed by atoms with Crippen LogP contribution in [0.3, 0.4) is 0 Å². The van der Waals surface area contributed by atoms with Gasteiger partial charge in [-0.2, -0.15) is 4.98 Å². The first-order valence-electron chi connectivity index (χ1n) is 5.17. The Balaban J connectivity index is 2.72. The van der Waals surface area contributed by atoms with Crippen LogP contribution in [-0.4, -0.2) is 27.7 Å². The van der Waals surface area contributed by atoms with Gasteiger partial charge in [0.15, 0.2) is 5.82 Å². The van der Waals surface area contributed by atoms with Crippen molar-refractivity contribution in [1.29, 1.82) is 0 Å². The van der Waals surface area contributed by atoms with Crippen molar-refractivity contribution < 1.29 is 19.0 Å². The van der Waals surface area contributed by atoms with E-state index >= 15 is 0 Å². The second-order valence-electron chi connectivity index (χ2n) is 3.47. The number of carbonyl (C=O) groups is 1. The molecule has 100 valence electrons. The van der Waals surface area contributed by atoms with Crippen LogP contribution < -0.4 is 0 Å². The highest BCUT2D eigenvalue weighted by atomic mass is 127. The maximum absolute atomic E-state index is 14.1. The predicted octanol–water partition coefficient (Wildman–Crippen LogP) is 3.02. The van der Waals surface area contributed by atoms with Gasteiger partial charge in [-0.1, -0.05) is 0 Å². The fraction of sp³-hybridized carbons (Fsp3) is 0.182. The standard InChI is InChI=1S/C11H7BrFIN2O3/c1-2-19-11(18)9-15-8-4(10(17)16-9)3-5(14)6(12)7(8)13/h3H,2H2,1H3,(H,15,16,17). The molecule has 5 nitrogen and oxygen atoms in total. The van der Waals surface area contributed by atoms with Gasteiger partial charge in [0.05, 0.1) is 16.5 Å². The summed E-state index contributed by atoms with van der Waals surface area (Å²) in [5.74, 6) is -2.31. The molecule has 0 radical (unpaired) electrons. The molecule has 0 atom stereocenters. The topological polar surface area (TPSA) is 72.3 Å². The number of esters is 1. The van der Waals surface area contributed by atoms with E-state index in [9.17, 15) is 14.3 Å². The van der Waals surface area contributed by atoms with E-state index in [0.717, 1.165) is 0 Å². The molecule has 0 bridgehead atoms. The molecule has 1 N–H and O–H groups in total. The summed E-state index contributed by atoms with van der Waals surface area (Å²) in [4.78, 5) is 18.9. The lowest BCUT2D eigenvalue weighted by atomic mass is 10.2. The lowest BCUT2D eigenvalue weighted by Gasteiger charge is -2.07. The van der Waals surface area contributed by atoms with Crippen molar-refractivity contribution in [3.05, 3.63) is 25.8 Å². The van der Waals surface area contributed by atoms with Crippen LogP contribution in [0.15, 0.2) is 10.5 Å². The number of hydrogen-bond donors (Lipinski definition) is 1. The fourth-order valence-electron chi connectivity index (χ4n) is 1.44. The van der Waals surface area contributed by atoms with Crippen LogP contribution in [0.1, 0.15) is 17.5 Å². The monoisotopic (exact) mass is 440 g/mol. The Hall–Kier alpha value is -1.03. The summed E-state index contributed by atoms with van der Waals surface area (Å²) >= 11 is 4.98. The summed E-state index contributed by atoms with van der Waals surface area (Å²) in [6.07, 6.45) is 0. The Labute approximate surface area is 129 Å². The molecule has 0 aliphatic heterocycles. The van der Waals surface area contributed by atoms with Crippen molar-refractivity contribution in [2.45, 2.75) is 6.92 Å². The average Bonchev–Trinajstić information content (AvgIpc) is 2.37. The minimum atomic E-state index is -0.811. The number of halogens is 3. The summed E-state index contributed by atoms with van der Waals surface area (Å²) in [5.41, 5.74) is -0.136. The van der Waals surface area contributed by atoms with Gasteiger partial charge in [0, 0.05) is 3.57 Å². The summed E-state index contributed by atoms with van der Waals surface area (Å²) in [5, 5.41) is 9.90. The number of benzene rings is 1. The van der Waals surface area contributed by atoms with Gasteiger partial charge in [0.1, 0.15) is 5.52 Å². The summed E-state index contributed by atoms with van der Waals surface area (Å²) in [6, 6.07) is 1.52. The zero-order chi connectivity index (χ0) is 14.2. The van der Waals surface area contributed by atoms with Crippen LogP contribution >= 0.6 is 38.5 Å². The number of ether oxygens (including phenoxy) is 1. The maximum Gasteiger partial charge on any atom is 0.376 e. The largest absolute Gasteiger partial charge is 0.493 e. The molecule has 1 aromatic carbocycles. The third-order valence-corrected chi connectivity index (χ3v) is 4.63. The molecule has 2 aromatic rings. The minimum absolute atomic E-state index is 0.136. The van der Waals surface area contributed by atoms with Crippen molar-refractivity contribution in [2.24, 2.45) is 0 Å². The first kappa shape index (κ1) is 14.4. The van der Waals surface area contributed by atoms with Crippen LogP contribution in [0, 0.1) is 9.39 Å². The first-order chi connectivity index (χ1) is 8.95. The van der Waals surface area contributed by atoms with Gasteiger partial charge in [-0.3, -0.25) is 0 Å². The van der Waals surface area contributed by atoms with Crippen molar-refractivity contribution in [2.75, 3.05) is 6.61 Å². The van der Waals surface area contributed by atoms with Gasteiger partial charge in [-0.25, -0.2) is 14.2 Å². The normalized spacial score (nSPS) is 10.7. The molecule has 1 heterocycles. The summed E-state index contributed by atoms with van der Waals surface area (Å²) in [6.45, 7) is 1.76. The highest BCUT2D eigenvalue weighted by Crippen LogP contribution is 2.32. The highest BCUT2D eigenvalue weighted by Gasteiger charge is 2.19. The smallest absolute Gasteiger partial charge is 0.376 e. The zero-order valence-electron chi connectivity index (χ0n) is 9.58. The Kier molecular flexibility index (Phi) is 4.19. The van der Waals surface area contributed by atoms with E-state index in [-0.39, 0.29) is 27.8 Å². The third-order valence-electron chi connectivity index (χ3n) is 2.26. The molecule has 0 amide bonds. The number of aromatic nitrogens is 2. The van der Waals surface area contributed by atoms with Crippen LogP contribution in [0.2, 0.25) is 0 Å². The van der Waals surface area contributed by atoms with Crippen molar-refractivity contribution >= 4 is 55.4 Å². The quantitative estimate of drug-likeness (QED) is 0.441. The van der Waals surface area contributed by atoms with Gasteiger partial charge in [-0.05, 0) is 51.5 Å². The van der Waals surface area contributed by atoms with Crippen molar-refractivity contribution in [3.63, 3.8) is 0 Å². The molecule has 0 aliphatic carbocycles. The molecular formula is C11H7BrFIN2O3. The Morgan fingerprint density at radius 3 is 2.89 bits per heavy atom.